The van der Waals surface area contributed by atoms with Gasteiger partial charge in [-0.1, -0.05) is 0 Å². The molecule has 0 saturated carbocycles. The molecule has 2 aromatic rings. The SMILES string of the molecule is COCCc1nc(-c2ccc(OC)cc2)c(C(=O)O)s1. The number of thiazole rings is 1. The second kappa shape index (κ2) is 6.49. The first kappa shape index (κ1) is 14.5. The van der Waals surface area contributed by atoms with E-state index in [9.17, 15) is 9.90 Å². The maximum atomic E-state index is 11.3. The number of methoxy groups -OCH3 is 2. The van der Waals surface area contributed by atoms with E-state index in [-0.39, 0.29) is 4.88 Å². The molecule has 5 nitrogen and oxygen atoms in total. The lowest BCUT2D eigenvalue weighted by molar-refractivity contribution is 0.0702. The normalized spacial score (nSPS) is 10.5. The summed E-state index contributed by atoms with van der Waals surface area (Å²) in [5.74, 6) is -0.238. The zero-order valence-corrected chi connectivity index (χ0v) is 12.1. The number of hydrogen-bond donors (Lipinski definition) is 1. The predicted molar refractivity (Wildman–Crippen MR) is 76.6 cm³/mol. The van der Waals surface area contributed by atoms with Crippen LogP contribution >= 0.6 is 11.3 Å². The molecule has 0 bridgehead atoms. The third-order valence-electron chi connectivity index (χ3n) is 2.75. The molecule has 0 aliphatic heterocycles. The maximum absolute atomic E-state index is 11.3. The average molecular weight is 293 g/mol. The van der Waals surface area contributed by atoms with Gasteiger partial charge in [-0.3, -0.25) is 0 Å². The Morgan fingerprint density at radius 1 is 1.30 bits per heavy atom. The molecule has 106 valence electrons. The van der Waals surface area contributed by atoms with Crippen LogP contribution in [0.1, 0.15) is 14.7 Å². The van der Waals surface area contributed by atoms with E-state index in [4.69, 9.17) is 9.47 Å². The smallest absolute Gasteiger partial charge is 0.348 e. The summed E-state index contributed by atoms with van der Waals surface area (Å²) in [6.45, 7) is 0.522. The summed E-state index contributed by atoms with van der Waals surface area (Å²) in [7, 11) is 3.19. The lowest BCUT2D eigenvalue weighted by atomic mass is 10.1. The van der Waals surface area contributed by atoms with Crippen molar-refractivity contribution in [3.05, 3.63) is 34.2 Å². The molecule has 0 unspecified atom stereocenters. The first-order valence-corrected chi connectivity index (χ1v) is 6.83. The molecular formula is C14H15NO4S. The van der Waals surface area contributed by atoms with E-state index in [1.807, 2.05) is 0 Å². The zero-order valence-electron chi connectivity index (χ0n) is 11.3. The molecule has 0 radical (unpaired) electrons. The fourth-order valence-electron chi connectivity index (χ4n) is 1.75. The van der Waals surface area contributed by atoms with Crippen LogP contribution in [0.2, 0.25) is 0 Å². The van der Waals surface area contributed by atoms with Gasteiger partial charge in [-0.25, -0.2) is 9.78 Å². The van der Waals surface area contributed by atoms with Gasteiger partial charge in [0.1, 0.15) is 10.6 Å². The summed E-state index contributed by atoms with van der Waals surface area (Å²) in [4.78, 5) is 16.0. The van der Waals surface area contributed by atoms with E-state index in [1.54, 1.807) is 38.5 Å². The van der Waals surface area contributed by atoms with Crippen molar-refractivity contribution >= 4 is 17.3 Å². The second-order valence-electron chi connectivity index (χ2n) is 4.06. The molecule has 0 amide bonds. The van der Waals surface area contributed by atoms with Crippen LogP contribution in [0.15, 0.2) is 24.3 Å². The molecule has 1 aromatic heterocycles. The minimum absolute atomic E-state index is 0.251. The molecule has 1 aromatic carbocycles. The molecular weight excluding hydrogens is 278 g/mol. The van der Waals surface area contributed by atoms with Crippen LogP contribution in [0.25, 0.3) is 11.3 Å². The van der Waals surface area contributed by atoms with Crippen molar-refractivity contribution in [2.24, 2.45) is 0 Å². The van der Waals surface area contributed by atoms with Gasteiger partial charge >= 0.3 is 5.97 Å². The highest BCUT2D eigenvalue weighted by atomic mass is 32.1. The third kappa shape index (κ3) is 3.15. The molecule has 2 rings (SSSR count). The number of carboxylic acids is 1. The van der Waals surface area contributed by atoms with E-state index in [0.29, 0.717) is 18.7 Å². The van der Waals surface area contributed by atoms with E-state index in [0.717, 1.165) is 16.3 Å². The van der Waals surface area contributed by atoms with E-state index in [1.165, 1.54) is 11.3 Å². The Morgan fingerprint density at radius 3 is 2.55 bits per heavy atom. The van der Waals surface area contributed by atoms with Gasteiger partial charge < -0.3 is 14.6 Å². The van der Waals surface area contributed by atoms with Crippen LogP contribution < -0.4 is 4.74 Å². The van der Waals surface area contributed by atoms with Gasteiger partial charge in [-0.05, 0) is 24.3 Å². The molecule has 0 fully saturated rings. The Labute approximate surface area is 120 Å². The number of aromatic nitrogens is 1. The van der Waals surface area contributed by atoms with E-state index in [2.05, 4.69) is 4.98 Å². The summed E-state index contributed by atoms with van der Waals surface area (Å²) in [5.41, 5.74) is 1.26. The molecule has 6 heteroatoms. The van der Waals surface area contributed by atoms with Crippen molar-refractivity contribution in [3.63, 3.8) is 0 Å². The van der Waals surface area contributed by atoms with Crippen LogP contribution in [0.3, 0.4) is 0 Å². The summed E-state index contributed by atoms with van der Waals surface area (Å²) >= 11 is 1.19. The summed E-state index contributed by atoms with van der Waals surface area (Å²) in [5, 5.41) is 10.0. The zero-order chi connectivity index (χ0) is 14.5. The topological polar surface area (TPSA) is 68.7 Å². The number of aromatic carboxylic acids is 1. The largest absolute Gasteiger partial charge is 0.497 e. The standard InChI is InChI=1S/C14H15NO4S/c1-18-8-7-11-15-12(13(20-11)14(16)17)9-3-5-10(19-2)6-4-9/h3-6H,7-8H2,1-2H3,(H,16,17). The molecule has 0 aliphatic rings. The lowest BCUT2D eigenvalue weighted by Crippen LogP contribution is -1.95. The van der Waals surface area contributed by atoms with Crippen LogP contribution in [0.5, 0.6) is 5.75 Å². The van der Waals surface area contributed by atoms with Crippen molar-refractivity contribution < 1.29 is 19.4 Å². The second-order valence-corrected chi connectivity index (χ2v) is 5.15. The van der Waals surface area contributed by atoms with Gasteiger partial charge in [0, 0.05) is 19.1 Å². The van der Waals surface area contributed by atoms with Crippen LogP contribution in [0.4, 0.5) is 0 Å². The Kier molecular flexibility index (Phi) is 4.70. The summed E-state index contributed by atoms with van der Waals surface area (Å²) in [6, 6.07) is 7.19. The Hall–Kier alpha value is -1.92. The van der Waals surface area contributed by atoms with Gasteiger partial charge in [-0.2, -0.15) is 0 Å². The minimum Gasteiger partial charge on any atom is -0.497 e. The molecule has 0 spiro atoms. The number of benzene rings is 1. The number of nitrogens with zero attached hydrogens (tertiary/aromatic N) is 1. The highest BCUT2D eigenvalue weighted by molar-refractivity contribution is 7.14. The lowest BCUT2D eigenvalue weighted by Gasteiger charge is -2.02. The fourth-order valence-corrected chi connectivity index (χ4v) is 2.66. The number of carbonyl (C=O) groups is 1. The van der Waals surface area contributed by atoms with Crippen LogP contribution in [0, 0.1) is 0 Å². The van der Waals surface area contributed by atoms with Gasteiger partial charge in [0.15, 0.2) is 0 Å². The molecule has 0 aliphatic carbocycles. The monoisotopic (exact) mass is 293 g/mol. The molecule has 0 atom stereocenters. The van der Waals surface area contributed by atoms with Gasteiger partial charge in [0.25, 0.3) is 0 Å². The fraction of sp³-hybridized carbons (Fsp3) is 0.286. The Morgan fingerprint density at radius 2 is 2.00 bits per heavy atom. The molecule has 1 heterocycles. The summed E-state index contributed by atoms with van der Waals surface area (Å²) < 4.78 is 10.1. The number of carboxylic acid groups (broad SMARTS) is 1. The maximum Gasteiger partial charge on any atom is 0.348 e. The molecule has 1 N–H and O–H groups in total. The quantitative estimate of drug-likeness (QED) is 0.887. The molecule has 0 saturated heterocycles. The first-order valence-electron chi connectivity index (χ1n) is 6.02. The first-order chi connectivity index (χ1) is 9.65. The number of ether oxygens (including phenoxy) is 2. The van der Waals surface area contributed by atoms with Crippen LogP contribution in [-0.2, 0) is 11.2 Å². The highest BCUT2D eigenvalue weighted by Crippen LogP contribution is 2.29. The van der Waals surface area contributed by atoms with Crippen molar-refractivity contribution in [2.75, 3.05) is 20.8 Å². The van der Waals surface area contributed by atoms with Crippen molar-refractivity contribution in [3.8, 4) is 17.0 Å². The average Bonchev–Trinajstić information content (AvgIpc) is 2.89. The van der Waals surface area contributed by atoms with Gasteiger partial charge in [-0.15, -0.1) is 11.3 Å². The van der Waals surface area contributed by atoms with Crippen LogP contribution in [-0.4, -0.2) is 36.9 Å². The molecule has 20 heavy (non-hydrogen) atoms. The van der Waals surface area contributed by atoms with Gasteiger partial charge in [0.05, 0.1) is 24.4 Å². The number of hydrogen-bond acceptors (Lipinski definition) is 5. The summed E-state index contributed by atoms with van der Waals surface area (Å²) in [6.07, 6.45) is 0.609. The van der Waals surface area contributed by atoms with Gasteiger partial charge in [0.2, 0.25) is 0 Å². The van der Waals surface area contributed by atoms with Crippen molar-refractivity contribution in [1.82, 2.24) is 4.98 Å². The van der Waals surface area contributed by atoms with Crippen molar-refractivity contribution in [2.45, 2.75) is 6.42 Å². The van der Waals surface area contributed by atoms with E-state index < -0.39 is 5.97 Å². The Bertz CT molecular complexity index is 592. The minimum atomic E-state index is -0.961. The predicted octanol–water partition coefficient (Wildman–Crippen LogP) is 2.71. The van der Waals surface area contributed by atoms with E-state index >= 15 is 0 Å². The number of rotatable bonds is 6. The Balaban J connectivity index is 2.37. The van der Waals surface area contributed by atoms with Crippen molar-refractivity contribution in [1.29, 1.82) is 0 Å². The highest BCUT2D eigenvalue weighted by Gasteiger charge is 2.18. The third-order valence-corrected chi connectivity index (χ3v) is 3.85.